The molecule has 1 amide bonds. The molecule has 6 heteroatoms. The Morgan fingerprint density at radius 1 is 1.14 bits per heavy atom. The molecular formula is C22H25NO4S. The second-order valence-electron chi connectivity index (χ2n) is 7.10. The summed E-state index contributed by atoms with van der Waals surface area (Å²) in [5.41, 5.74) is 4.14. The van der Waals surface area contributed by atoms with E-state index in [1.807, 2.05) is 31.2 Å². The number of benzene rings is 2. The van der Waals surface area contributed by atoms with Crippen molar-refractivity contribution in [2.24, 2.45) is 5.92 Å². The molecule has 0 saturated heterocycles. The van der Waals surface area contributed by atoms with E-state index in [9.17, 15) is 13.2 Å². The van der Waals surface area contributed by atoms with E-state index in [0.717, 1.165) is 28.8 Å². The lowest BCUT2D eigenvalue weighted by Gasteiger charge is -2.10. The van der Waals surface area contributed by atoms with Crippen LogP contribution in [-0.4, -0.2) is 20.9 Å². The van der Waals surface area contributed by atoms with Gasteiger partial charge in [-0.2, -0.15) is 8.42 Å². The highest BCUT2D eigenvalue weighted by atomic mass is 32.2. The van der Waals surface area contributed by atoms with Gasteiger partial charge in [0.25, 0.3) is 16.0 Å². The van der Waals surface area contributed by atoms with Crippen LogP contribution in [-0.2, 0) is 25.5 Å². The first-order valence-electron chi connectivity index (χ1n) is 9.43. The number of fused-ring (bicyclic) bond motifs is 1. The van der Waals surface area contributed by atoms with E-state index in [0.29, 0.717) is 12.0 Å². The van der Waals surface area contributed by atoms with Gasteiger partial charge in [0.05, 0.1) is 11.5 Å². The van der Waals surface area contributed by atoms with Gasteiger partial charge in [-0.3, -0.25) is 8.98 Å². The Morgan fingerprint density at radius 3 is 2.54 bits per heavy atom. The van der Waals surface area contributed by atoms with E-state index in [4.69, 9.17) is 4.18 Å². The van der Waals surface area contributed by atoms with Gasteiger partial charge in [-0.15, -0.1) is 0 Å². The fourth-order valence-electron chi connectivity index (χ4n) is 3.13. The predicted octanol–water partition coefficient (Wildman–Crippen LogP) is 4.32. The van der Waals surface area contributed by atoms with E-state index < -0.39 is 10.1 Å². The summed E-state index contributed by atoms with van der Waals surface area (Å²) in [7, 11) is -3.81. The molecule has 0 saturated carbocycles. The Bertz CT molecular complexity index is 1010. The monoisotopic (exact) mass is 399 g/mol. The molecule has 0 fully saturated rings. The van der Waals surface area contributed by atoms with Crippen LogP contribution in [0.4, 0.5) is 5.69 Å². The van der Waals surface area contributed by atoms with Gasteiger partial charge in [0.15, 0.2) is 0 Å². The maximum absolute atomic E-state index is 12.4. The minimum absolute atomic E-state index is 0.0114. The number of allylic oxidation sites excluding steroid dienone is 1. The molecule has 3 rings (SSSR count). The van der Waals surface area contributed by atoms with Crippen LogP contribution in [0.3, 0.4) is 0 Å². The Balaban J connectivity index is 1.78. The Labute approximate surface area is 166 Å². The average molecular weight is 400 g/mol. The molecule has 1 aliphatic rings. The van der Waals surface area contributed by atoms with Crippen molar-refractivity contribution in [1.82, 2.24) is 0 Å². The maximum Gasteiger partial charge on any atom is 0.296 e. The number of amides is 1. The second kappa shape index (κ2) is 8.29. The van der Waals surface area contributed by atoms with Crippen molar-refractivity contribution in [2.45, 2.75) is 38.5 Å². The lowest BCUT2D eigenvalue weighted by molar-refractivity contribution is -0.110. The summed E-state index contributed by atoms with van der Waals surface area (Å²) in [5, 5.41) is 2.89. The summed E-state index contributed by atoms with van der Waals surface area (Å²) in [6.07, 6.45) is 3.31. The van der Waals surface area contributed by atoms with E-state index in [2.05, 4.69) is 19.2 Å². The minimum atomic E-state index is -3.81. The third kappa shape index (κ3) is 4.34. The fraction of sp³-hybridized carbons (Fsp3) is 0.318. The van der Waals surface area contributed by atoms with Gasteiger partial charge < -0.3 is 5.32 Å². The quantitative estimate of drug-likeness (QED) is 0.556. The molecule has 2 aromatic carbocycles. The molecule has 1 aliphatic heterocycles. The van der Waals surface area contributed by atoms with Crippen LogP contribution in [0.25, 0.3) is 5.57 Å². The van der Waals surface area contributed by atoms with Crippen LogP contribution in [0.15, 0.2) is 53.4 Å². The lowest BCUT2D eigenvalue weighted by atomic mass is 9.95. The fourth-order valence-corrected chi connectivity index (χ4v) is 4.04. The van der Waals surface area contributed by atoms with Gasteiger partial charge in [-0.25, -0.2) is 0 Å². The minimum Gasteiger partial charge on any atom is -0.321 e. The molecule has 1 heterocycles. The summed E-state index contributed by atoms with van der Waals surface area (Å²) >= 11 is 0. The molecule has 1 N–H and O–H groups in total. The Morgan fingerprint density at radius 2 is 1.86 bits per heavy atom. The average Bonchev–Trinajstić information content (AvgIpc) is 2.98. The van der Waals surface area contributed by atoms with Crippen LogP contribution in [0.5, 0.6) is 0 Å². The van der Waals surface area contributed by atoms with Gasteiger partial charge in [0, 0.05) is 16.8 Å². The zero-order valence-corrected chi connectivity index (χ0v) is 17.2. The molecule has 0 unspecified atom stereocenters. The summed E-state index contributed by atoms with van der Waals surface area (Å²) < 4.78 is 30.0. The highest BCUT2D eigenvalue weighted by Crippen LogP contribution is 2.36. The molecule has 0 bridgehead atoms. The summed E-state index contributed by atoms with van der Waals surface area (Å²) in [5.74, 6) is 0.161. The Kier molecular flexibility index (Phi) is 6.01. The van der Waals surface area contributed by atoms with Crippen molar-refractivity contribution >= 4 is 27.3 Å². The van der Waals surface area contributed by atoms with E-state index in [-0.39, 0.29) is 23.3 Å². The molecule has 0 radical (unpaired) electrons. The highest BCUT2D eigenvalue weighted by Gasteiger charge is 2.27. The maximum atomic E-state index is 12.4. The number of carbonyl (C=O) groups excluding carboxylic acids is 1. The molecule has 148 valence electrons. The number of rotatable bonds is 7. The van der Waals surface area contributed by atoms with Crippen LogP contribution in [0, 0.1) is 12.8 Å². The molecule has 0 spiro atoms. The number of carbonyl (C=O) groups is 1. The van der Waals surface area contributed by atoms with Gasteiger partial charge in [0.1, 0.15) is 0 Å². The van der Waals surface area contributed by atoms with E-state index >= 15 is 0 Å². The van der Waals surface area contributed by atoms with Gasteiger partial charge >= 0.3 is 0 Å². The van der Waals surface area contributed by atoms with Crippen molar-refractivity contribution < 1.29 is 17.4 Å². The van der Waals surface area contributed by atoms with Gasteiger partial charge in [0.2, 0.25) is 0 Å². The second-order valence-corrected chi connectivity index (χ2v) is 8.71. The summed E-state index contributed by atoms with van der Waals surface area (Å²) in [4.78, 5) is 12.5. The SMILES string of the molecule is CC[C@@H](C)/C=C1\C(=O)Nc2cccc(CCOS(=O)(=O)c3ccc(C)cc3)c21. The first-order valence-corrected chi connectivity index (χ1v) is 10.8. The highest BCUT2D eigenvalue weighted by molar-refractivity contribution is 7.86. The van der Waals surface area contributed by atoms with Crippen molar-refractivity contribution in [3.8, 4) is 0 Å². The third-order valence-corrected chi connectivity index (χ3v) is 6.25. The van der Waals surface area contributed by atoms with Crippen LogP contribution in [0.1, 0.15) is 37.0 Å². The van der Waals surface area contributed by atoms with Crippen LogP contribution >= 0.6 is 0 Å². The number of hydrogen-bond donors (Lipinski definition) is 1. The van der Waals surface area contributed by atoms with Crippen LogP contribution < -0.4 is 5.32 Å². The molecule has 0 aromatic heterocycles. The zero-order chi connectivity index (χ0) is 20.3. The molecule has 1 atom stereocenters. The van der Waals surface area contributed by atoms with Gasteiger partial charge in [-0.05, 0) is 43.0 Å². The zero-order valence-electron chi connectivity index (χ0n) is 16.4. The van der Waals surface area contributed by atoms with E-state index in [1.165, 1.54) is 0 Å². The van der Waals surface area contributed by atoms with Crippen molar-refractivity contribution in [2.75, 3.05) is 11.9 Å². The third-order valence-electron chi connectivity index (χ3n) is 4.93. The number of nitrogens with one attached hydrogen (secondary N) is 1. The van der Waals surface area contributed by atoms with E-state index in [1.54, 1.807) is 24.3 Å². The number of anilines is 1. The van der Waals surface area contributed by atoms with Crippen molar-refractivity contribution in [3.63, 3.8) is 0 Å². The summed E-state index contributed by atoms with van der Waals surface area (Å²) in [6.45, 7) is 6.05. The molecule has 28 heavy (non-hydrogen) atoms. The first-order chi connectivity index (χ1) is 13.3. The number of aryl methyl sites for hydroxylation is 1. The topological polar surface area (TPSA) is 72.5 Å². The lowest BCUT2D eigenvalue weighted by Crippen LogP contribution is -2.10. The predicted molar refractivity (Wildman–Crippen MR) is 111 cm³/mol. The van der Waals surface area contributed by atoms with Crippen LogP contribution in [0.2, 0.25) is 0 Å². The normalized spacial score (nSPS) is 16.1. The molecule has 5 nitrogen and oxygen atoms in total. The standard InChI is InChI=1S/C22H25NO4S/c1-4-15(2)14-19-21-17(6-5-7-20(21)23-22(19)24)12-13-27-28(25,26)18-10-8-16(3)9-11-18/h5-11,14-15H,4,12-13H2,1-3H3,(H,23,24)/b19-14-/t15-/m1/s1. The number of hydrogen-bond acceptors (Lipinski definition) is 4. The molecule has 2 aromatic rings. The first kappa shape index (κ1) is 20.3. The smallest absolute Gasteiger partial charge is 0.296 e. The van der Waals surface area contributed by atoms with Gasteiger partial charge in [-0.1, -0.05) is 56.2 Å². The van der Waals surface area contributed by atoms with Crippen molar-refractivity contribution in [3.05, 3.63) is 65.2 Å². The Hall–Kier alpha value is -2.44. The summed E-state index contributed by atoms with van der Waals surface area (Å²) in [6, 6.07) is 12.2. The van der Waals surface area contributed by atoms with Crippen molar-refractivity contribution in [1.29, 1.82) is 0 Å². The molecule has 0 aliphatic carbocycles. The largest absolute Gasteiger partial charge is 0.321 e. The molecular weight excluding hydrogens is 374 g/mol.